The highest BCUT2D eigenvalue weighted by Gasteiger charge is 2.44. The minimum atomic E-state index is -4.24. The Labute approximate surface area is 240 Å². The van der Waals surface area contributed by atoms with Crippen LogP contribution in [0.1, 0.15) is 39.7 Å². The third-order valence-electron chi connectivity index (χ3n) is 7.20. The molecule has 1 N–H and O–H groups in total. The van der Waals surface area contributed by atoms with Crippen LogP contribution in [0.4, 0.5) is 0 Å². The summed E-state index contributed by atoms with van der Waals surface area (Å²) in [5.74, 6) is -0.873. The second-order valence-electron chi connectivity index (χ2n) is 9.82. The van der Waals surface area contributed by atoms with Crippen molar-refractivity contribution in [1.29, 1.82) is 0 Å². The summed E-state index contributed by atoms with van der Waals surface area (Å²) in [5, 5.41) is 4.71. The van der Waals surface area contributed by atoms with Crippen LogP contribution in [-0.2, 0) is 30.9 Å². The molecule has 1 aromatic heterocycles. The molecule has 0 bridgehead atoms. The molecule has 2 aromatic carbocycles. The minimum absolute atomic E-state index is 0.00624. The van der Waals surface area contributed by atoms with Gasteiger partial charge in [0.1, 0.15) is 17.5 Å². The molecule has 0 aliphatic carbocycles. The summed E-state index contributed by atoms with van der Waals surface area (Å²) in [6.07, 6.45) is 1.61. The summed E-state index contributed by atoms with van der Waals surface area (Å²) in [7, 11) is -4.24. The van der Waals surface area contributed by atoms with Crippen LogP contribution < -0.4 is 14.8 Å². The largest absolute Gasteiger partial charge is 0.454 e. The molecular formula is C28H27N3O8S2. The fraction of sp³-hybridized carbons (Fsp3) is 0.321. The van der Waals surface area contributed by atoms with E-state index in [1.807, 2.05) is 0 Å². The van der Waals surface area contributed by atoms with Crippen LogP contribution in [0.5, 0.6) is 11.5 Å². The van der Waals surface area contributed by atoms with Crippen LogP contribution >= 0.6 is 11.3 Å². The maximum Gasteiger partial charge on any atom is 0.269 e. The second-order valence-corrected chi connectivity index (χ2v) is 12.6. The molecule has 2 atom stereocenters. The number of carbonyl (C=O) groups is 3. The van der Waals surface area contributed by atoms with Gasteiger partial charge in [0.15, 0.2) is 11.5 Å². The van der Waals surface area contributed by atoms with Crippen molar-refractivity contribution >= 4 is 39.1 Å². The van der Waals surface area contributed by atoms with Gasteiger partial charge in [-0.15, -0.1) is 11.3 Å². The number of hydrogen-bond donors (Lipinski definition) is 1. The van der Waals surface area contributed by atoms with Gasteiger partial charge in [-0.25, -0.2) is 12.7 Å². The van der Waals surface area contributed by atoms with Gasteiger partial charge >= 0.3 is 0 Å². The number of hydrogen-bond acceptors (Lipinski definition) is 9. The molecule has 3 amide bonds. The Hall–Kier alpha value is -3.94. The molecule has 3 aliphatic rings. The van der Waals surface area contributed by atoms with Crippen molar-refractivity contribution in [3.05, 3.63) is 76.0 Å². The first kappa shape index (κ1) is 27.2. The van der Waals surface area contributed by atoms with Crippen molar-refractivity contribution in [2.45, 2.75) is 36.4 Å². The lowest BCUT2D eigenvalue weighted by Gasteiger charge is -2.32. The molecule has 6 rings (SSSR count). The first-order valence-electron chi connectivity index (χ1n) is 13.1. The molecule has 3 aliphatic heterocycles. The highest BCUT2D eigenvalue weighted by atomic mass is 32.2. The number of amides is 3. The second kappa shape index (κ2) is 11.1. The summed E-state index contributed by atoms with van der Waals surface area (Å²) in [5.41, 5.74) is 0.640. The standard InChI is InChI=1S/C28H27N3O8S2/c32-25(16-31-28(34)20-6-1-2-8-24(20)41(31,35)36)30(15-18-9-10-21-22(13-18)39-17-38-21)26(23-7-4-12-40-23)27(33)29-14-19-5-3-11-37-19/h1-2,4,6-10,12-13,19,26H,3,5,11,14-17H2,(H,29,33)/t19-,26-/m1/s1. The van der Waals surface area contributed by atoms with E-state index in [1.54, 1.807) is 41.8 Å². The summed E-state index contributed by atoms with van der Waals surface area (Å²) in [6, 6.07) is 13.4. The first-order chi connectivity index (χ1) is 19.8. The lowest BCUT2D eigenvalue weighted by atomic mass is 10.1. The summed E-state index contributed by atoms with van der Waals surface area (Å²) in [6.45, 7) is 0.160. The van der Waals surface area contributed by atoms with Crippen molar-refractivity contribution in [3.63, 3.8) is 0 Å². The number of ether oxygens (including phenoxy) is 3. The molecule has 0 spiro atoms. The molecule has 41 heavy (non-hydrogen) atoms. The van der Waals surface area contributed by atoms with Gasteiger partial charge in [-0.2, -0.15) is 0 Å². The molecule has 0 radical (unpaired) electrons. The van der Waals surface area contributed by atoms with Crippen LogP contribution in [0.2, 0.25) is 0 Å². The van der Waals surface area contributed by atoms with Crippen molar-refractivity contribution in [2.24, 2.45) is 0 Å². The monoisotopic (exact) mass is 597 g/mol. The third kappa shape index (κ3) is 5.27. The van der Waals surface area contributed by atoms with Crippen LogP contribution in [0.15, 0.2) is 64.9 Å². The van der Waals surface area contributed by atoms with E-state index >= 15 is 0 Å². The van der Waals surface area contributed by atoms with Gasteiger partial charge in [-0.05, 0) is 54.1 Å². The first-order valence-corrected chi connectivity index (χ1v) is 15.4. The van der Waals surface area contributed by atoms with Gasteiger partial charge in [0.05, 0.1) is 11.7 Å². The Kier molecular flexibility index (Phi) is 7.41. The van der Waals surface area contributed by atoms with Gasteiger partial charge in [-0.3, -0.25) is 14.4 Å². The number of rotatable bonds is 9. The minimum Gasteiger partial charge on any atom is -0.454 e. The summed E-state index contributed by atoms with van der Waals surface area (Å²) in [4.78, 5) is 42.6. The van der Waals surface area contributed by atoms with E-state index < -0.39 is 40.3 Å². The SMILES string of the molecule is O=C(NC[C@H]1CCCO1)[C@@H](c1cccs1)N(Cc1ccc2c(c1)OCO2)C(=O)CN1C(=O)c2ccccc2S1(=O)=O. The van der Waals surface area contributed by atoms with Crippen molar-refractivity contribution in [3.8, 4) is 11.5 Å². The lowest BCUT2D eigenvalue weighted by Crippen LogP contribution is -2.48. The molecule has 0 unspecified atom stereocenters. The van der Waals surface area contributed by atoms with E-state index in [-0.39, 0.29) is 36.4 Å². The van der Waals surface area contributed by atoms with E-state index in [1.165, 1.54) is 34.4 Å². The van der Waals surface area contributed by atoms with Gasteiger partial charge in [0.25, 0.3) is 15.9 Å². The Morgan fingerprint density at radius 1 is 1.10 bits per heavy atom. The smallest absolute Gasteiger partial charge is 0.269 e. The van der Waals surface area contributed by atoms with Crippen LogP contribution in [0.3, 0.4) is 0 Å². The normalized spacial score (nSPS) is 19.2. The number of benzene rings is 2. The van der Waals surface area contributed by atoms with E-state index in [0.717, 1.165) is 12.8 Å². The van der Waals surface area contributed by atoms with Gasteiger partial charge in [-0.1, -0.05) is 24.3 Å². The average molecular weight is 598 g/mol. The maximum absolute atomic E-state index is 14.0. The van der Waals surface area contributed by atoms with Gasteiger partial charge in [0, 0.05) is 24.6 Å². The zero-order valence-corrected chi connectivity index (χ0v) is 23.5. The summed E-state index contributed by atoms with van der Waals surface area (Å²) < 4.78 is 43.6. The van der Waals surface area contributed by atoms with Crippen LogP contribution in [0.25, 0.3) is 0 Å². The molecule has 3 aromatic rings. The average Bonchev–Trinajstić information content (AvgIpc) is 3.78. The Balaban J connectivity index is 1.33. The lowest BCUT2D eigenvalue weighted by molar-refractivity contribution is -0.141. The fourth-order valence-corrected chi connectivity index (χ4v) is 7.50. The quantitative estimate of drug-likeness (QED) is 0.398. The number of carbonyl (C=O) groups excluding carboxylic acids is 3. The van der Waals surface area contributed by atoms with Crippen molar-refractivity contribution < 1.29 is 37.0 Å². The number of nitrogens with zero attached hydrogens (tertiary/aromatic N) is 2. The number of fused-ring (bicyclic) bond motifs is 2. The molecular weight excluding hydrogens is 570 g/mol. The van der Waals surface area contributed by atoms with E-state index in [9.17, 15) is 22.8 Å². The zero-order valence-electron chi connectivity index (χ0n) is 21.9. The van der Waals surface area contributed by atoms with E-state index in [0.29, 0.717) is 32.9 Å². The van der Waals surface area contributed by atoms with E-state index in [4.69, 9.17) is 14.2 Å². The molecule has 214 valence electrons. The Morgan fingerprint density at radius 3 is 2.68 bits per heavy atom. The van der Waals surface area contributed by atoms with Gasteiger partial charge < -0.3 is 24.4 Å². The number of thiophene rings is 1. The molecule has 0 saturated carbocycles. The molecule has 11 nitrogen and oxygen atoms in total. The Morgan fingerprint density at radius 2 is 1.93 bits per heavy atom. The number of nitrogens with one attached hydrogen (secondary N) is 1. The molecule has 1 saturated heterocycles. The zero-order chi connectivity index (χ0) is 28.6. The molecule has 13 heteroatoms. The van der Waals surface area contributed by atoms with Crippen LogP contribution in [0, 0.1) is 0 Å². The van der Waals surface area contributed by atoms with Crippen molar-refractivity contribution in [2.75, 3.05) is 26.5 Å². The predicted octanol–water partition coefficient (Wildman–Crippen LogP) is 2.69. The third-order valence-corrected chi connectivity index (χ3v) is 9.91. The van der Waals surface area contributed by atoms with Gasteiger partial charge in [0.2, 0.25) is 18.6 Å². The maximum atomic E-state index is 14.0. The molecule has 4 heterocycles. The summed E-state index contributed by atoms with van der Waals surface area (Å²) >= 11 is 1.30. The van der Waals surface area contributed by atoms with E-state index in [2.05, 4.69) is 5.32 Å². The molecule has 1 fully saturated rings. The topological polar surface area (TPSA) is 132 Å². The van der Waals surface area contributed by atoms with Crippen LogP contribution in [-0.4, -0.2) is 67.9 Å². The highest BCUT2D eigenvalue weighted by Crippen LogP contribution is 2.35. The Bertz CT molecular complexity index is 1590. The highest BCUT2D eigenvalue weighted by molar-refractivity contribution is 7.90. The fourth-order valence-electron chi connectivity index (χ4n) is 5.15. The number of sulfonamides is 1. The van der Waals surface area contributed by atoms with Crippen molar-refractivity contribution in [1.82, 2.24) is 14.5 Å². The predicted molar refractivity (Wildman–Crippen MR) is 147 cm³/mol.